The standard InChI is InChI=1S/C17H21NO4/c1-21-13-4-5-14-12(8-16(20)22-15(14)9-13)10-18-17(11-19)6-2-3-7-17/h4-5,8-9,18-19H,2-3,6-7,10-11H2,1H3. The monoisotopic (exact) mass is 303 g/mol. The Morgan fingerprint density at radius 2 is 2.09 bits per heavy atom. The number of hydrogen-bond acceptors (Lipinski definition) is 5. The molecular weight excluding hydrogens is 282 g/mol. The summed E-state index contributed by atoms with van der Waals surface area (Å²) in [5.41, 5.74) is 0.818. The van der Waals surface area contributed by atoms with E-state index in [9.17, 15) is 9.90 Å². The second kappa shape index (κ2) is 6.10. The van der Waals surface area contributed by atoms with Gasteiger partial charge in [0.1, 0.15) is 11.3 Å². The third-order valence-corrected chi connectivity index (χ3v) is 4.55. The molecule has 0 saturated heterocycles. The fourth-order valence-corrected chi connectivity index (χ4v) is 3.21. The van der Waals surface area contributed by atoms with E-state index in [0.29, 0.717) is 17.9 Å². The summed E-state index contributed by atoms with van der Waals surface area (Å²) in [6.45, 7) is 0.662. The Morgan fingerprint density at radius 1 is 1.32 bits per heavy atom. The van der Waals surface area contributed by atoms with Crippen molar-refractivity contribution in [3.05, 3.63) is 40.2 Å². The molecule has 118 valence electrons. The van der Waals surface area contributed by atoms with Gasteiger partial charge in [-0.2, -0.15) is 0 Å². The molecule has 1 fully saturated rings. The average molecular weight is 303 g/mol. The Balaban J connectivity index is 1.91. The highest BCUT2D eigenvalue weighted by Crippen LogP contribution is 2.30. The van der Waals surface area contributed by atoms with Gasteiger partial charge in [0, 0.05) is 29.6 Å². The van der Waals surface area contributed by atoms with E-state index in [-0.39, 0.29) is 17.8 Å². The molecule has 1 aromatic carbocycles. The lowest BCUT2D eigenvalue weighted by Crippen LogP contribution is -2.45. The normalized spacial score (nSPS) is 17.0. The van der Waals surface area contributed by atoms with Crippen LogP contribution in [0.2, 0.25) is 0 Å². The molecule has 0 unspecified atom stereocenters. The fraction of sp³-hybridized carbons (Fsp3) is 0.471. The van der Waals surface area contributed by atoms with Gasteiger partial charge in [-0.15, -0.1) is 0 Å². The number of aliphatic hydroxyl groups excluding tert-OH is 1. The van der Waals surface area contributed by atoms with E-state index in [2.05, 4.69) is 5.32 Å². The van der Waals surface area contributed by atoms with Crippen molar-refractivity contribution in [2.45, 2.75) is 37.8 Å². The first kappa shape index (κ1) is 15.1. The van der Waals surface area contributed by atoms with Crippen LogP contribution in [0.15, 0.2) is 33.5 Å². The highest BCUT2D eigenvalue weighted by atomic mass is 16.5. The zero-order chi connectivity index (χ0) is 15.6. The van der Waals surface area contributed by atoms with Crippen LogP contribution < -0.4 is 15.7 Å². The summed E-state index contributed by atoms with van der Waals surface area (Å²) in [5.74, 6) is 0.656. The molecule has 5 heteroatoms. The van der Waals surface area contributed by atoms with E-state index in [4.69, 9.17) is 9.15 Å². The van der Waals surface area contributed by atoms with Crippen molar-refractivity contribution in [3.8, 4) is 5.75 Å². The van der Waals surface area contributed by atoms with Crippen LogP contribution >= 0.6 is 0 Å². The third-order valence-electron chi connectivity index (χ3n) is 4.55. The molecule has 3 rings (SSSR count). The maximum atomic E-state index is 11.8. The van der Waals surface area contributed by atoms with Gasteiger partial charge >= 0.3 is 5.63 Å². The summed E-state index contributed by atoms with van der Waals surface area (Å²) in [5, 5.41) is 14.0. The predicted molar refractivity (Wildman–Crippen MR) is 84.2 cm³/mol. The number of ether oxygens (including phenoxy) is 1. The quantitative estimate of drug-likeness (QED) is 0.829. The van der Waals surface area contributed by atoms with Crippen molar-refractivity contribution < 1.29 is 14.3 Å². The van der Waals surface area contributed by atoms with E-state index in [1.165, 1.54) is 6.07 Å². The smallest absolute Gasteiger partial charge is 0.336 e. The van der Waals surface area contributed by atoms with Gasteiger partial charge in [0.2, 0.25) is 0 Å². The molecule has 1 saturated carbocycles. The molecule has 22 heavy (non-hydrogen) atoms. The van der Waals surface area contributed by atoms with E-state index in [1.54, 1.807) is 13.2 Å². The van der Waals surface area contributed by atoms with Crippen LogP contribution in [0.4, 0.5) is 0 Å². The molecule has 1 heterocycles. The SMILES string of the molecule is COc1ccc2c(CNC3(CO)CCCC3)cc(=O)oc2c1. The van der Waals surface area contributed by atoms with Crippen molar-refractivity contribution in [2.24, 2.45) is 0 Å². The molecule has 1 aromatic heterocycles. The highest BCUT2D eigenvalue weighted by Gasteiger charge is 2.32. The number of benzene rings is 1. The lowest BCUT2D eigenvalue weighted by Gasteiger charge is -2.28. The minimum absolute atomic E-state index is 0.125. The fourth-order valence-electron chi connectivity index (χ4n) is 3.21. The number of rotatable bonds is 5. The number of aliphatic hydroxyl groups is 1. The van der Waals surface area contributed by atoms with Gasteiger partial charge in [0.25, 0.3) is 0 Å². The van der Waals surface area contributed by atoms with Crippen molar-refractivity contribution in [1.82, 2.24) is 5.32 Å². The molecule has 0 amide bonds. The molecule has 5 nitrogen and oxygen atoms in total. The van der Waals surface area contributed by atoms with Crippen LogP contribution in [0.3, 0.4) is 0 Å². The minimum Gasteiger partial charge on any atom is -0.497 e. The van der Waals surface area contributed by atoms with Crippen LogP contribution in [0.25, 0.3) is 11.0 Å². The lowest BCUT2D eigenvalue weighted by atomic mass is 9.98. The Labute approximate surface area is 128 Å². The zero-order valence-electron chi connectivity index (χ0n) is 12.7. The molecule has 2 aromatic rings. The maximum Gasteiger partial charge on any atom is 0.336 e. The molecule has 0 atom stereocenters. The first-order chi connectivity index (χ1) is 10.7. The predicted octanol–water partition coefficient (Wildman–Crippen LogP) is 2.20. The van der Waals surface area contributed by atoms with Crippen molar-refractivity contribution in [1.29, 1.82) is 0 Å². The summed E-state index contributed by atoms with van der Waals surface area (Å²) < 4.78 is 10.4. The van der Waals surface area contributed by atoms with Gasteiger partial charge < -0.3 is 19.6 Å². The second-order valence-electron chi connectivity index (χ2n) is 5.95. The van der Waals surface area contributed by atoms with Crippen LogP contribution in [0.1, 0.15) is 31.2 Å². The van der Waals surface area contributed by atoms with E-state index in [1.807, 2.05) is 12.1 Å². The Morgan fingerprint density at radius 3 is 2.77 bits per heavy atom. The Hall–Kier alpha value is -1.85. The molecule has 0 radical (unpaired) electrons. The molecule has 2 N–H and O–H groups in total. The van der Waals surface area contributed by atoms with E-state index in [0.717, 1.165) is 36.6 Å². The highest BCUT2D eigenvalue weighted by molar-refractivity contribution is 5.81. The second-order valence-corrected chi connectivity index (χ2v) is 5.95. The summed E-state index contributed by atoms with van der Waals surface area (Å²) in [4.78, 5) is 11.8. The Bertz CT molecular complexity index is 716. The van der Waals surface area contributed by atoms with Crippen LogP contribution in [-0.2, 0) is 6.54 Å². The lowest BCUT2D eigenvalue weighted by molar-refractivity contribution is 0.163. The summed E-state index contributed by atoms with van der Waals surface area (Å²) in [6.07, 6.45) is 4.19. The number of hydrogen-bond donors (Lipinski definition) is 2. The molecule has 0 spiro atoms. The van der Waals surface area contributed by atoms with Gasteiger partial charge in [-0.25, -0.2) is 4.79 Å². The molecule has 1 aliphatic carbocycles. The van der Waals surface area contributed by atoms with Crippen molar-refractivity contribution in [3.63, 3.8) is 0 Å². The van der Waals surface area contributed by atoms with Crippen molar-refractivity contribution in [2.75, 3.05) is 13.7 Å². The van der Waals surface area contributed by atoms with E-state index >= 15 is 0 Å². The van der Waals surface area contributed by atoms with Gasteiger partial charge in [0.05, 0.1) is 13.7 Å². The first-order valence-electron chi connectivity index (χ1n) is 7.62. The minimum atomic E-state index is -0.373. The van der Waals surface area contributed by atoms with Gasteiger partial charge in [-0.05, 0) is 30.5 Å². The van der Waals surface area contributed by atoms with Crippen molar-refractivity contribution >= 4 is 11.0 Å². The summed E-state index contributed by atoms with van der Waals surface area (Å²) in [7, 11) is 1.58. The topological polar surface area (TPSA) is 71.7 Å². The van der Waals surface area contributed by atoms with Gasteiger partial charge in [0.15, 0.2) is 0 Å². The molecule has 0 aliphatic heterocycles. The average Bonchev–Trinajstić information content (AvgIpc) is 3.01. The summed E-state index contributed by atoms with van der Waals surface area (Å²) >= 11 is 0. The first-order valence-corrected chi connectivity index (χ1v) is 7.62. The van der Waals surface area contributed by atoms with Crippen LogP contribution in [0, 0.1) is 0 Å². The summed E-state index contributed by atoms with van der Waals surface area (Å²) in [6, 6.07) is 6.98. The number of methoxy groups -OCH3 is 1. The van der Waals surface area contributed by atoms with E-state index < -0.39 is 0 Å². The third kappa shape index (κ3) is 2.87. The largest absolute Gasteiger partial charge is 0.497 e. The number of nitrogens with one attached hydrogen (secondary N) is 1. The van der Waals surface area contributed by atoms with Crippen LogP contribution in [-0.4, -0.2) is 24.4 Å². The molecular formula is C17H21NO4. The molecule has 1 aliphatic rings. The molecule has 0 bridgehead atoms. The Kier molecular flexibility index (Phi) is 4.18. The van der Waals surface area contributed by atoms with Gasteiger partial charge in [-0.3, -0.25) is 0 Å². The number of fused-ring (bicyclic) bond motifs is 1. The van der Waals surface area contributed by atoms with Crippen LogP contribution in [0.5, 0.6) is 5.75 Å². The maximum absolute atomic E-state index is 11.8. The van der Waals surface area contributed by atoms with Gasteiger partial charge in [-0.1, -0.05) is 12.8 Å². The zero-order valence-corrected chi connectivity index (χ0v) is 12.7.